The highest BCUT2D eigenvalue weighted by Gasteiger charge is 2.32. The summed E-state index contributed by atoms with van der Waals surface area (Å²) in [6.07, 6.45) is 5.19. The molecule has 2 aliphatic heterocycles. The van der Waals surface area contributed by atoms with Crippen molar-refractivity contribution in [3.63, 3.8) is 0 Å². The molecule has 1 amide bonds. The lowest BCUT2D eigenvalue weighted by molar-refractivity contribution is 0.0763. The molecule has 1 aromatic rings. The Labute approximate surface area is 149 Å². The Morgan fingerprint density at radius 2 is 1.60 bits per heavy atom. The van der Waals surface area contributed by atoms with Crippen molar-refractivity contribution in [1.82, 2.24) is 18.5 Å². The molecule has 0 N–H and O–H groups in total. The SMILES string of the molecule is Cc1ccc(C(=O)N2CCCN(S(=O)(=O)N3CCCCC3)CC2)cn1. The molecule has 0 atom stereocenters. The Morgan fingerprint density at radius 1 is 0.920 bits per heavy atom. The average molecular weight is 366 g/mol. The van der Waals surface area contributed by atoms with Gasteiger partial charge in [0.05, 0.1) is 5.56 Å². The van der Waals surface area contributed by atoms with E-state index in [2.05, 4.69) is 4.98 Å². The molecule has 1 aromatic heterocycles. The lowest BCUT2D eigenvalue weighted by atomic mass is 10.2. The standard InChI is InChI=1S/C17H26N4O3S/c1-15-6-7-16(14-18-15)17(22)19-8-5-11-21(13-12-19)25(23,24)20-9-3-2-4-10-20/h6-7,14H,2-5,8-13H2,1H3. The Morgan fingerprint density at radius 3 is 2.28 bits per heavy atom. The van der Waals surface area contributed by atoms with E-state index in [0.717, 1.165) is 25.0 Å². The van der Waals surface area contributed by atoms with Crippen LogP contribution < -0.4 is 0 Å². The van der Waals surface area contributed by atoms with Crippen molar-refractivity contribution < 1.29 is 13.2 Å². The van der Waals surface area contributed by atoms with Crippen LogP contribution in [-0.4, -0.2) is 72.1 Å². The molecule has 8 heteroatoms. The van der Waals surface area contributed by atoms with Crippen LogP contribution >= 0.6 is 0 Å². The van der Waals surface area contributed by atoms with Crippen LogP contribution in [0.5, 0.6) is 0 Å². The van der Waals surface area contributed by atoms with Crippen molar-refractivity contribution in [2.75, 3.05) is 39.3 Å². The summed E-state index contributed by atoms with van der Waals surface area (Å²) in [4.78, 5) is 18.5. The lowest BCUT2D eigenvalue weighted by Crippen LogP contribution is -2.47. The lowest BCUT2D eigenvalue weighted by Gasteiger charge is -2.31. The van der Waals surface area contributed by atoms with E-state index in [-0.39, 0.29) is 5.91 Å². The second-order valence-electron chi connectivity index (χ2n) is 6.70. The maximum absolute atomic E-state index is 12.8. The first-order chi connectivity index (χ1) is 12.0. The molecule has 25 heavy (non-hydrogen) atoms. The maximum Gasteiger partial charge on any atom is 0.282 e. The van der Waals surface area contributed by atoms with Gasteiger partial charge in [0.15, 0.2) is 0 Å². The number of aromatic nitrogens is 1. The minimum Gasteiger partial charge on any atom is -0.337 e. The van der Waals surface area contributed by atoms with E-state index in [1.54, 1.807) is 25.8 Å². The zero-order valence-corrected chi connectivity index (χ0v) is 15.5. The van der Waals surface area contributed by atoms with E-state index in [4.69, 9.17) is 0 Å². The van der Waals surface area contributed by atoms with Crippen LogP contribution in [0.15, 0.2) is 18.3 Å². The van der Waals surface area contributed by atoms with Crippen LogP contribution in [0.3, 0.4) is 0 Å². The first-order valence-corrected chi connectivity index (χ1v) is 10.4. The van der Waals surface area contributed by atoms with Crippen molar-refractivity contribution >= 4 is 16.1 Å². The Balaban J connectivity index is 1.65. The number of pyridine rings is 1. The smallest absolute Gasteiger partial charge is 0.282 e. The van der Waals surface area contributed by atoms with Gasteiger partial charge in [0, 0.05) is 51.2 Å². The molecule has 2 saturated heterocycles. The molecule has 138 valence electrons. The van der Waals surface area contributed by atoms with E-state index in [0.29, 0.717) is 51.3 Å². The van der Waals surface area contributed by atoms with Gasteiger partial charge in [0.25, 0.3) is 16.1 Å². The number of piperidine rings is 1. The summed E-state index contributed by atoms with van der Waals surface area (Å²) < 4.78 is 28.8. The quantitative estimate of drug-likeness (QED) is 0.807. The summed E-state index contributed by atoms with van der Waals surface area (Å²) >= 11 is 0. The van der Waals surface area contributed by atoms with Gasteiger partial charge >= 0.3 is 0 Å². The molecule has 2 aliphatic rings. The summed E-state index contributed by atoms with van der Waals surface area (Å²) in [6, 6.07) is 3.59. The van der Waals surface area contributed by atoms with Crippen molar-refractivity contribution in [3.05, 3.63) is 29.6 Å². The molecule has 0 bridgehead atoms. The molecule has 0 radical (unpaired) electrons. The Bertz CT molecular complexity index is 699. The fraction of sp³-hybridized carbons (Fsp3) is 0.647. The summed E-state index contributed by atoms with van der Waals surface area (Å²) in [5.74, 6) is -0.0790. The van der Waals surface area contributed by atoms with E-state index in [1.165, 1.54) is 0 Å². The van der Waals surface area contributed by atoms with E-state index >= 15 is 0 Å². The van der Waals surface area contributed by atoms with Crippen molar-refractivity contribution in [3.8, 4) is 0 Å². The van der Waals surface area contributed by atoms with Crippen molar-refractivity contribution in [1.29, 1.82) is 0 Å². The molecule has 3 heterocycles. The van der Waals surface area contributed by atoms with Crippen molar-refractivity contribution in [2.45, 2.75) is 32.6 Å². The maximum atomic E-state index is 12.8. The minimum atomic E-state index is -3.41. The van der Waals surface area contributed by atoms with Crippen LogP contribution in [-0.2, 0) is 10.2 Å². The third-order valence-corrected chi connectivity index (χ3v) is 6.90. The Kier molecular flexibility index (Phi) is 5.71. The van der Waals surface area contributed by atoms with Gasteiger partial charge in [-0.1, -0.05) is 6.42 Å². The summed E-state index contributed by atoms with van der Waals surface area (Å²) in [6.45, 7) is 4.90. The number of nitrogens with zero attached hydrogens (tertiary/aromatic N) is 4. The van der Waals surface area contributed by atoms with E-state index in [1.807, 2.05) is 13.0 Å². The number of aryl methyl sites for hydroxylation is 1. The summed E-state index contributed by atoms with van der Waals surface area (Å²) in [5.41, 5.74) is 1.42. The highest BCUT2D eigenvalue weighted by molar-refractivity contribution is 7.86. The molecule has 7 nitrogen and oxygen atoms in total. The molecule has 0 unspecified atom stereocenters. The molecule has 0 saturated carbocycles. The van der Waals surface area contributed by atoms with E-state index in [9.17, 15) is 13.2 Å². The summed E-state index contributed by atoms with van der Waals surface area (Å²) in [7, 11) is -3.41. The summed E-state index contributed by atoms with van der Waals surface area (Å²) in [5, 5.41) is 0. The third kappa shape index (κ3) is 4.19. The second kappa shape index (κ2) is 7.80. The van der Waals surface area contributed by atoms with Gasteiger partial charge in [-0.15, -0.1) is 0 Å². The predicted molar refractivity (Wildman–Crippen MR) is 95.4 cm³/mol. The zero-order chi connectivity index (χ0) is 17.9. The third-order valence-electron chi connectivity index (χ3n) is 4.87. The molecule has 2 fully saturated rings. The Hall–Kier alpha value is -1.51. The normalized spacial score (nSPS) is 21.1. The van der Waals surface area contributed by atoms with Gasteiger partial charge in [-0.05, 0) is 38.3 Å². The van der Waals surface area contributed by atoms with Crippen LogP contribution in [0.25, 0.3) is 0 Å². The number of hydrogen-bond acceptors (Lipinski definition) is 4. The van der Waals surface area contributed by atoms with Crippen LogP contribution in [0.1, 0.15) is 41.7 Å². The fourth-order valence-corrected chi connectivity index (χ4v) is 5.08. The van der Waals surface area contributed by atoms with Crippen LogP contribution in [0.2, 0.25) is 0 Å². The highest BCUT2D eigenvalue weighted by atomic mass is 32.2. The first kappa shape index (κ1) is 18.3. The molecule has 0 spiro atoms. The number of carbonyl (C=O) groups excluding carboxylic acids is 1. The van der Waals surface area contributed by atoms with Gasteiger partial charge in [-0.25, -0.2) is 0 Å². The number of rotatable bonds is 3. The number of amides is 1. The second-order valence-corrected chi connectivity index (χ2v) is 8.63. The van der Waals surface area contributed by atoms with Crippen molar-refractivity contribution in [2.24, 2.45) is 0 Å². The van der Waals surface area contributed by atoms with Gasteiger partial charge in [-0.3, -0.25) is 9.78 Å². The number of hydrogen-bond donors (Lipinski definition) is 0. The molecule has 3 rings (SSSR count). The van der Waals surface area contributed by atoms with Crippen LogP contribution in [0.4, 0.5) is 0 Å². The highest BCUT2D eigenvalue weighted by Crippen LogP contribution is 2.18. The largest absolute Gasteiger partial charge is 0.337 e. The van der Waals surface area contributed by atoms with Crippen LogP contribution in [0, 0.1) is 6.92 Å². The van der Waals surface area contributed by atoms with Gasteiger partial charge in [0.2, 0.25) is 0 Å². The van der Waals surface area contributed by atoms with Gasteiger partial charge in [-0.2, -0.15) is 17.0 Å². The fourth-order valence-electron chi connectivity index (χ4n) is 3.36. The first-order valence-electron chi connectivity index (χ1n) is 8.95. The van der Waals surface area contributed by atoms with Gasteiger partial charge in [0.1, 0.15) is 0 Å². The van der Waals surface area contributed by atoms with Gasteiger partial charge < -0.3 is 4.90 Å². The monoisotopic (exact) mass is 366 g/mol. The van der Waals surface area contributed by atoms with E-state index < -0.39 is 10.2 Å². The zero-order valence-electron chi connectivity index (χ0n) is 14.7. The minimum absolute atomic E-state index is 0.0790. The topological polar surface area (TPSA) is 73.8 Å². The predicted octanol–water partition coefficient (Wildman–Crippen LogP) is 1.27. The molecular weight excluding hydrogens is 340 g/mol. The molecular formula is C17H26N4O3S. The average Bonchev–Trinajstić information content (AvgIpc) is 2.89. The molecule has 0 aromatic carbocycles. The number of carbonyl (C=O) groups is 1. The molecule has 0 aliphatic carbocycles.